The number of rotatable bonds is 2. The van der Waals surface area contributed by atoms with E-state index in [-0.39, 0.29) is 0 Å². The number of methoxy groups -OCH3 is 1. The van der Waals surface area contributed by atoms with Crippen molar-refractivity contribution in [2.45, 2.75) is 13.8 Å². The third kappa shape index (κ3) is 1.91. The summed E-state index contributed by atoms with van der Waals surface area (Å²) in [6.07, 6.45) is 0. The Morgan fingerprint density at radius 1 is 1.22 bits per heavy atom. The number of nitriles is 1. The molecule has 0 bridgehead atoms. The Morgan fingerprint density at radius 3 is 2.28 bits per heavy atom. The van der Waals surface area contributed by atoms with Gasteiger partial charge in [-0.2, -0.15) is 5.26 Å². The largest absolute Gasteiger partial charge is 0.497 e. The maximum Gasteiger partial charge on any atom is 0.119 e. The van der Waals surface area contributed by atoms with E-state index in [1.165, 1.54) is 0 Å². The van der Waals surface area contributed by atoms with Gasteiger partial charge in [-0.1, -0.05) is 0 Å². The molecule has 0 atom stereocenters. The highest BCUT2D eigenvalue weighted by atomic mass is 79.9. The summed E-state index contributed by atoms with van der Waals surface area (Å²) < 4.78 is 7.96. The summed E-state index contributed by atoms with van der Waals surface area (Å²) in [5.74, 6) is 0.817. The van der Waals surface area contributed by atoms with Crippen molar-refractivity contribution in [2.24, 2.45) is 0 Å². The summed E-state index contributed by atoms with van der Waals surface area (Å²) in [6.45, 7) is 3.96. The van der Waals surface area contributed by atoms with Gasteiger partial charge in [-0.15, -0.1) is 0 Å². The van der Waals surface area contributed by atoms with Gasteiger partial charge in [0.2, 0.25) is 0 Å². The summed E-state index contributed by atoms with van der Waals surface area (Å²) >= 11 is 3.49. The number of benzene rings is 1. The molecule has 3 nitrogen and oxygen atoms in total. The van der Waals surface area contributed by atoms with Crippen molar-refractivity contribution in [1.82, 2.24) is 4.57 Å². The second-order valence-electron chi connectivity index (χ2n) is 4.02. The molecule has 0 unspecified atom stereocenters. The Kier molecular flexibility index (Phi) is 3.44. The number of ether oxygens (including phenoxy) is 1. The molecule has 18 heavy (non-hydrogen) atoms. The molecule has 0 saturated heterocycles. The highest BCUT2D eigenvalue weighted by Gasteiger charge is 2.16. The molecular formula is C14H13BrN2O. The normalized spacial score (nSPS) is 10.2. The van der Waals surface area contributed by atoms with Crippen molar-refractivity contribution < 1.29 is 4.74 Å². The van der Waals surface area contributed by atoms with Crippen molar-refractivity contribution in [3.05, 3.63) is 45.7 Å². The van der Waals surface area contributed by atoms with Crippen molar-refractivity contribution in [3.8, 4) is 17.5 Å². The van der Waals surface area contributed by atoms with Gasteiger partial charge in [-0.05, 0) is 59.6 Å². The van der Waals surface area contributed by atoms with Crippen LogP contribution in [0, 0.1) is 25.2 Å². The number of aromatic nitrogens is 1. The van der Waals surface area contributed by atoms with Gasteiger partial charge in [-0.25, -0.2) is 0 Å². The first kappa shape index (κ1) is 12.7. The molecule has 1 aromatic heterocycles. The lowest BCUT2D eigenvalue weighted by molar-refractivity contribution is 0.414. The van der Waals surface area contributed by atoms with E-state index in [1.54, 1.807) is 7.11 Å². The molecule has 92 valence electrons. The van der Waals surface area contributed by atoms with Crippen molar-refractivity contribution in [3.63, 3.8) is 0 Å². The highest BCUT2D eigenvalue weighted by Crippen LogP contribution is 2.30. The van der Waals surface area contributed by atoms with Gasteiger partial charge in [0.05, 0.1) is 12.7 Å². The average Bonchev–Trinajstić information content (AvgIpc) is 2.60. The zero-order valence-electron chi connectivity index (χ0n) is 10.5. The van der Waals surface area contributed by atoms with E-state index in [2.05, 4.69) is 22.0 Å². The van der Waals surface area contributed by atoms with Crippen LogP contribution in [-0.4, -0.2) is 11.7 Å². The van der Waals surface area contributed by atoms with Gasteiger partial charge in [-0.3, -0.25) is 0 Å². The van der Waals surface area contributed by atoms with Gasteiger partial charge >= 0.3 is 0 Å². The molecule has 0 aliphatic heterocycles. The molecule has 0 amide bonds. The number of hydrogen-bond donors (Lipinski definition) is 0. The lowest BCUT2D eigenvalue weighted by Crippen LogP contribution is -1.97. The minimum absolute atomic E-state index is 0.684. The highest BCUT2D eigenvalue weighted by molar-refractivity contribution is 9.10. The monoisotopic (exact) mass is 304 g/mol. The molecule has 0 spiro atoms. The van der Waals surface area contributed by atoms with Gasteiger partial charge in [0.1, 0.15) is 16.4 Å². The summed E-state index contributed by atoms with van der Waals surface area (Å²) in [6, 6.07) is 9.97. The Labute approximate surface area is 115 Å². The summed E-state index contributed by atoms with van der Waals surface area (Å²) in [5, 5.41) is 9.15. The topological polar surface area (TPSA) is 38.0 Å². The third-order valence-corrected chi connectivity index (χ3v) is 3.85. The molecule has 0 aliphatic carbocycles. The van der Waals surface area contributed by atoms with Crippen LogP contribution in [0.25, 0.3) is 5.69 Å². The van der Waals surface area contributed by atoms with Crippen LogP contribution in [0.1, 0.15) is 16.8 Å². The van der Waals surface area contributed by atoms with E-state index in [9.17, 15) is 0 Å². The molecule has 1 aromatic carbocycles. The van der Waals surface area contributed by atoms with E-state index in [1.807, 2.05) is 42.7 Å². The minimum atomic E-state index is 0.684. The number of halogens is 1. The molecule has 2 aromatic rings. The van der Waals surface area contributed by atoms with Crippen LogP contribution in [0.15, 0.2) is 28.9 Å². The Hall–Kier alpha value is -1.73. The van der Waals surface area contributed by atoms with E-state index < -0.39 is 0 Å². The summed E-state index contributed by atoms with van der Waals surface area (Å²) in [4.78, 5) is 0. The summed E-state index contributed by atoms with van der Waals surface area (Å²) in [5.41, 5.74) is 3.75. The fraction of sp³-hybridized carbons (Fsp3) is 0.214. The lowest BCUT2D eigenvalue weighted by atomic mass is 10.2. The Bertz CT molecular complexity index is 621. The van der Waals surface area contributed by atoms with Crippen molar-refractivity contribution >= 4 is 15.9 Å². The smallest absolute Gasteiger partial charge is 0.119 e. The predicted octanol–water partition coefficient (Wildman–Crippen LogP) is 3.74. The van der Waals surface area contributed by atoms with Crippen LogP contribution in [0.3, 0.4) is 0 Å². The second kappa shape index (κ2) is 4.87. The van der Waals surface area contributed by atoms with Crippen LogP contribution < -0.4 is 4.74 Å². The van der Waals surface area contributed by atoms with Crippen molar-refractivity contribution in [1.29, 1.82) is 5.26 Å². The molecular weight excluding hydrogens is 292 g/mol. The molecule has 4 heteroatoms. The molecule has 0 radical (unpaired) electrons. The Morgan fingerprint density at radius 2 is 1.83 bits per heavy atom. The van der Waals surface area contributed by atoms with Crippen LogP contribution in [-0.2, 0) is 0 Å². The maximum atomic E-state index is 9.15. The van der Waals surface area contributed by atoms with Gasteiger partial charge in [0.25, 0.3) is 0 Å². The number of nitrogens with zero attached hydrogens (tertiary/aromatic N) is 2. The molecule has 1 heterocycles. The van der Waals surface area contributed by atoms with Crippen molar-refractivity contribution in [2.75, 3.05) is 7.11 Å². The standard InChI is InChI=1S/C14H13BrN2O/c1-9-10(2)17(14(15)13(9)8-16)11-4-6-12(18-3)7-5-11/h4-7H,1-3H3. The fourth-order valence-electron chi connectivity index (χ4n) is 1.93. The van der Waals surface area contributed by atoms with E-state index in [0.29, 0.717) is 5.56 Å². The molecule has 0 N–H and O–H groups in total. The first-order valence-electron chi connectivity index (χ1n) is 5.52. The molecule has 0 fully saturated rings. The minimum Gasteiger partial charge on any atom is -0.497 e. The first-order chi connectivity index (χ1) is 8.60. The fourth-order valence-corrected chi connectivity index (χ4v) is 2.79. The van der Waals surface area contributed by atoms with E-state index >= 15 is 0 Å². The quantitative estimate of drug-likeness (QED) is 0.847. The van der Waals surface area contributed by atoms with Crippen LogP contribution in [0.4, 0.5) is 0 Å². The zero-order chi connectivity index (χ0) is 13.3. The number of hydrogen-bond acceptors (Lipinski definition) is 2. The SMILES string of the molecule is COc1ccc(-n2c(C)c(C)c(C#N)c2Br)cc1. The van der Waals surface area contributed by atoms with Crippen LogP contribution >= 0.6 is 15.9 Å². The first-order valence-corrected chi connectivity index (χ1v) is 6.31. The van der Waals surface area contributed by atoms with E-state index in [4.69, 9.17) is 10.00 Å². The van der Waals surface area contributed by atoms with E-state index in [0.717, 1.165) is 27.3 Å². The van der Waals surface area contributed by atoms with Crippen LogP contribution in [0.2, 0.25) is 0 Å². The van der Waals surface area contributed by atoms with Gasteiger partial charge in [0.15, 0.2) is 0 Å². The second-order valence-corrected chi connectivity index (χ2v) is 4.77. The average molecular weight is 305 g/mol. The molecule has 0 saturated carbocycles. The predicted molar refractivity (Wildman–Crippen MR) is 74.2 cm³/mol. The molecule has 2 rings (SSSR count). The Balaban J connectivity index is 2.61. The van der Waals surface area contributed by atoms with Gasteiger partial charge in [0, 0.05) is 11.4 Å². The third-order valence-electron chi connectivity index (χ3n) is 3.10. The lowest BCUT2D eigenvalue weighted by Gasteiger charge is -2.09. The maximum absolute atomic E-state index is 9.15. The van der Waals surface area contributed by atoms with Gasteiger partial charge < -0.3 is 9.30 Å². The molecule has 0 aliphatic rings. The summed E-state index contributed by atoms with van der Waals surface area (Å²) in [7, 11) is 1.64. The van der Waals surface area contributed by atoms with Crippen LogP contribution in [0.5, 0.6) is 5.75 Å². The zero-order valence-corrected chi connectivity index (χ0v) is 12.1.